The van der Waals surface area contributed by atoms with Gasteiger partial charge in [-0.2, -0.15) is 0 Å². The van der Waals surface area contributed by atoms with Gasteiger partial charge in [-0.25, -0.2) is 0 Å². The first-order valence-corrected chi connectivity index (χ1v) is 9.48. The van der Waals surface area contributed by atoms with Crippen LogP contribution in [0.5, 0.6) is 0 Å². The third-order valence-corrected chi connectivity index (χ3v) is 4.95. The Morgan fingerprint density at radius 3 is 1.73 bits per heavy atom. The molecule has 3 aromatic carbocycles. The number of non-ortho nitro benzene ring substituents is 2. The second-order valence-electron chi connectivity index (χ2n) is 6.05. The minimum absolute atomic E-state index is 0.0108. The largest absolute Gasteiger partial charge is 0.323 e. The molecule has 1 amide bonds. The van der Waals surface area contributed by atoms with E-state index in [2.05, 4.69) is 5.32 Å². The van der Waals surface area contributed by atoms with Crippen LogP contribution in [-0.2, 0) is 4.79 Å². The lowest BCUT2D eigenvalue weighted by atomic mass is 10.2. The van der Waals surface area contributed by atoms with Crippen molar-refractivity contribution in [2.24, 2.45) is 0 Å². The molecule has 3 aromatic rings. The van der Waals surface area contributed by atoms with E-state index < -0.39 is 9.85 Å². The number of hydrogen-bond acceptors (Lipinski definition) is 6. The topological polar surface area (TPSA) is 115 Å². The zero-order chi connectivity index (χ0) is 21.5. The quantitative estimate of drug-likeness (QED) is 0.314. The Morgan fingerprint density at radius 2 is 1.23 bits per heavy atom. The third kappa shape index (κ3) is 5.76. The van der Waals surface area contributed by atoms with Crippen LogP contribution < -0.4 is 5.32 Å². The van der Waals surface area contributed by atoms with E-state index in [9.17, 15) is 25.0 Å². The highest BCUT2D eigenvalue weighted by atomic mass is 32.2. The molecule has 0 aliphatic heterocycles. The van der Waals surface area contributed by atoms with Gasteiger partial charge in [-0.15, -0.1) is 0 Å². The van der Waals surface area contributed by atoms with Crippen molar-refractivity contribution < 1.29 is 14.6 Å². The number of nitro groups is 2. The zero-order valence-electron chi connectivity index (χ0n) is 15.4. The highest BCUT2D eigenvalue weighted by molar-refractivity contribution is 7.99. The Kier molecular flexibility index (Phi) is 6.56. The number of benzene rings is 3. The summed E-state index contributed by atoms with van der Waals surface area (Å²) in [5.41, 5.74) is 1.31. The van der Waals surface area contributed by atoms with Gasteiger partial charge in [-0.05, 0) is 60.2 Å². The Bertz CT molecular complexity index is 1090. The lowest BCUT2D eigenvalue weighted by molar-refractivity contribution is -0.385. The Labute approximate surface area is 175 Å². The molecule has 0 saturated carbocycles. The first-order valence-electron chi connectivity index (χ1n) is 8.66. The number of nitro benzene ring substituents is 2. The number of anilines is 1. The summed E-state index contributed by atoms with van der Waals surface area (Å²) in [5, 5.41) is 24.1. The lowest BCUT2D eigenvalue weighted by Gasteiger charge is -2.05. The van der Waals surface area contributed by atoms with Crippen molar-refractivity contribution >= 4 is 40.8 Å². The van der Waals surface area contributed by atoms with Crippen LogP contribution in [0, 0.1) is 20.2 Å². The highest BCUT2D eigenvalue weighted by Crippen LogP contribution is 2.29. The molecule has 30 heavy (non-hydrogen) atoms. The Balaban J connectivity index is 1.56. The van der Waals surface area contributed by atoms with Gasteiger partial charge in [-0.3, -0.25) is 25.0 Å². The Hall–Kier alpha value is -3.98. The molecule has 3 rings (SSSR count). The fourth-order valence-corrected chi connectivity index (χ4v) is 3.26. The van der Waals surface area contributed by atoms with E-state index in [1.807, 2.05) is 12.1 Å². The van der Waals surface area contributed by atoms with E-state index >= 15 is 0 Å². The van der Waals surface area contributed by atoms with Crippen LogP contribution in [-0.4, -0.2) is 15.8 Å². The predicted molar refractivity (Wildman–Crippen MR) is 114 cm³/mol. The van der Waals surface area contributed by atoms with Gasteiger partial charge in [0.15, 0.2) is 0 Å². The molecule has 0 fully saturated rings. The van der Waals surface area contributed by atoms with Crippen LogP contribution in [0.25, 0.3) is 6.08 Å². The van der Waals surface area contributed by atoms with Crippen molar-refractivity contribution in [1.82, 2.24) is 0 Å². The molecule has 9 heteroatoms. The van der Waals surface area contributed by atoms with Crippen molar-refractivity contribution in [3.8, 4) is 0 Å². The van der Waals surface area contributed by atoms with Crippen molar-refractivity contribution in [2.75, 3.05) is 5.32 Å². The van der Waals surface area contributed by atoms with Crippen molar-refractivity contribution in [3.63, 3.8) is 0 Å². The van der Waals surface area contributed by atoms with E-state index in [0.29, 0.717) is 11.3 Å². The average molecular weight is 421 g/mol. The fourth-order valence-electron chi connectivity index (χ4n) is 2.44. The number of rotatable bonds is 7. The van der Waals surface area contributed by atoms with Gasteiger partial charge in [0.1, 0.15) is 0 Å². The number of carbonyl (C=O) groups is 1. The summed E-state index contributed by atoms with van der Waals surface area (Å²) < 4.78 is 0. The summed E-state index contributed by atoms with van der Waals surface area (Å²) in [4.78, 5) is 34.3. The summed E-state index contributed by atoms with van der Waals surface area (Å²) >= 11 is 1.45. The van der Waals surface area contributed by atoms with E-state index in [1.54, 1.807) is 42.5 Å². The third-order valence-electron chi connectivity index (χ3n) is 3.94. The number of carbonyl (C=O) groups excluding carboxylic acids is 1. The van der Waals surface area contributed by atoms with Crippen LogP contribution >= 0.6 is 11.8 Å². The van der Waals surface area contributed by atoms with Crippen LogP contribution in [0.3, 0.4) is 0 Å². The van der Waals surface area contributed by atoms with Gasteiger partial charge >= 0.3 is 0 Å². The van der Waals surface area contributed by atoms with Crippen LogP contribution in [0.4, 0.5) is 17.1 Å². The van der Waals surface area contributed by atoms with Gasteiger partial charge in [0.25, 0.3) is 11.4 Å². The summed E-state index contributed by atoms with van der Waals surface area (Å²) in [5.74, 6) is -0.330. The minimum Gasteiger partial charge on any atom is -0.323 e. The molecule has 0 spiro atoms. The van der Waals surface area contributed by atoms with Gasteiger partial charge in [0.05, 0.1) is 9.85 Å². The van der Waals surface area contributed by atoms with Crippen LogP contribution in [0.2, 0.25) is 0 Å². The van der Waals surface area contributed by atoms with Crippen molar-refractivity contribution in [2.45, 2.75) is 9.79 Å². The smallest absolute Gasteiger partial charge is 0.269 e. The molecule has 0 bridgehead atoms. The van der Waals surface area contributed by atoms with Crippen LogP contribution in [0.1, 0.15) is 5.56 Å². The molecule has 0 aliphatic rings. The molecule has 0 aliphatic carbocycles. The second kappa shape index (κ2) is 9.48. The maximum Gasteiger partial charge on any atom is 0.269 e. The molecule has 1 N–H and O–H groups in total. The minimum atomic E-state index is -0.482. The van der Waals surface area contributed by atoms with Gasteiger partial charge < -0.3 is 5.32 Å². The Morgan fingerprint density at radius 1 is 0.767 bits per heavy atom. The predicted octanol–water partition coefficient (Wildman–Crippen LogP) is 5.31. The molecule has 150 valence electrons. The monoisotopic (exact) mass is 421 g/mol. The van der Waals surface area contributed by atoms with Crippen LogP contribution in [0.15, 0.2) is 88.7 Å². The maximum atomic E-state index is 12.1. The summed E-state index contributed by atoms with van der Waals surface area (Å²) in [6.07, 6.45) is 2.92. The van der Waals surface area contributed by atoms with Gasteiger partial charge in [-0.1, -0.05) is 11.8 Å². The fraction of sp³-hybridized carbons (Fsp3) is 0. The zero-order valence-corrected chi connectivity index (χ0v) is 16.2. The summed E-state index contributed by atoms with van der Waals surface area (Å²) in [7, 11) is 0. The number of nitrogens with one attached hydrogen (secondary N) is 1. The molecule has 0 saturated heterocycles. The van der Waals surface area contributed by atoms with Gasteiger partial charge in [0, 0.05) is 45.8 Å². The lowest BCUT2D eigenvalue weighted by Crippen LogP contribution is -2.07. The molecule has 0 atom stereocenters. The van der Waals surface area contributed by atoms with E-state index in [-0.39, 0.29) is 17.3 Å². The summed E-state index contributed by atoms with van der Waals surface area (Å²) in [6.45, 7) is 0. The highest BCUT2D eigenvalue weighted by Gasteiger charge is 2.06. The molecule has 0 unspecified atom stereocenters. The molecular weight excluding hydrogens is 406 g/mol. The maximum absolute atomic E-state index is 12.1. The van der Waals surface area contributed by atoms with Crippen molar-refractivity contribution in [1.29, 1.82) is 0 Å². The normalized spacial score (nSPS) is 10.7. The van der Waals surface area contributed by atoms with E-state index in [0.717, 1.165) is 9.79 Å². The molecule has 0 heterocycles. The number of hydrogen-bond donors (Lipinski definition) is 1. The second-order valence-corrected chi connectivity index (χ2v) is 7.20. The number of amides is 1. The number of nitrogens with zero attached hydrogens (tertiary/aromatic N) is 2. The first kappa shape index (κ1) is 20.7. The SMILES string of the molecule is O=C(C=Cc1ccc([N+](=O)[O-])cc1)Nc1ccc(Sc2ccc([N+](=O)[O-])cc2)cc1. The molecule has 0 aromatic heterocycles. The van der Waals surface area contributed by atoms with Gasteiger partial charge in [0.2, 0.25) is 5.91 Å². The summed E-state index contributed by atoms with van der Waals surface area (Å²) in [6, 6.07) is 19.3. The van der Waals surface area contributed by atoms with E-state index in [4.69, 9.17) is 0 Å². The molecule has 0 radical (unpaired) electrons. The molecular formula is C21H15N3O5S. The molecule has 8 nitrogen and oxygen atoms in total. The van der Waals surface area contributed by atoms with E-state index in [1.165, 1.54) is 42.1 Å². The average Bonchev–Trinajstić information content (AvgIpc) is 2.74. The standard InChI is InChI=1S/C21H15N3O5S/c25-21(14-3-15-1-6-17(7-2-15)23(26)27)22-16-4-10-19(11-5-16)30-20-12-8-18(9-13-20)24(28)29/h1-14H,(H,22,25). The van der Waals surface area contributed by atoms with Crippen molar-refractivity contribution in [3.05, 3.63) is 105 Å². The first-order chi connectivity index (χ1) is 14.4.